The molecule has 2 unspecified atom stereocenters. The van der Waals surface area contributed by atoms with Crippen LogP contribution in [0.5, 0.6) is 0 Å². The van der Waals surface area contributed by atoms with Crippen molar-refractivity contribution in [3.63, 3.8) is 0 Å². The molecule has 3 heteroatoms. The zero-order valence-electron chi connectivity index (χ0n) is 35.0. The Kier molecular flexibility index (Phi) is 9.18. The topological polar surface area (TPSA) is 29.9 Å². The first-order valence-corrected chi connectivity index (χ1v) is 22.2. The molecule has 0 amide bonds. The third-order valence-electron chi connectivity index (χ3n) is 13.2. The van der Waals surface area contributed by atoms with Crippen LogP contribution in [0.4, 0.5) is 0 Å². The Hall–Kier alpha value is -7.75. The molecule has 300 valence electrons. The summed E-state index contributed by atoms with van der Waals surface area (Å²) in [5.74, 6) is 0.283. The van der Waals surface area contributed by atoms with Gasteiger partial charge in [-0.2, -0.15) is 0 Å². The number of aromatic nitrogens is 2. The van der Waals surface area contributed by atoms with Crippen LogP contribution < -0.4 is 5.32 Å². The Balaban J connectivity index is 0.971. The van der Waals surface area contributed by atoms with Crippen molar-refractivity contribution in [3.8, 4) is 28.1 Å². The first-order chi connectivity index (χ1) is 31.2. The van der Waals surface area contributed by atoms with E-state index in [-0.39, 0.29) is 12.0 Å². The molecule has 6 aromatic carbocycles. The van der Waals surface area contributed by atoms with Crippen LogP contribution in [0, 0.1) is 5.92 Å². The maximum atomic E-state index is 5.37. The second-order valence-electron chi connectivity index (χ2n) is 17.0. The van der Waals surface area contributed by atoms with Gasteiger partial charge in [-0.15, -0.1) is 0 Å². The number of allylic oxidation sites excluding steroid dienone is 12. The van der Waals surface area contributed by atoms with Crippen LogP contribution in [0.2, 0.25) is 0 Å². The van der Waals surface area contributed by atoms with Crippen molar-refractivity contribution in [3.05, 3.63) is 258 Å². The molecule has 0 fully saturated rings. The number of benzene rings is 6. The van der Waals surface area contributed by atoms with E-state index in [9.17, 15) is 0 Å². The van der Waals surface area contributed by atoms with Crippen LogP contribution in [0.3, 0.4) is 0 Å². The molecule has 1 N–H and O–H groups in total. The molecule has 3 aliphatic carbocycles. The van der Waals surface area contributed by atoms with Crippen molar-refractivity contribution in [2.45, 2.75) is 25.3 Å². The second kappa shape index (κ2) is 15.6. The first kappa shape index (κ1) is 37.0. The Morgan fingerprint density at radius 1 is 0.524 bits per heavy atom. The van der Waals surface area contributed by atoms with Crippen LogP contribution in [0.25, 0.3) is 66.6 Å². The number of hydrogen-bond donors (Lipinski definition) is 1. The van der Waals surface area contributed by atoms with Gasteiger partial charge in [-0.05, 0) is 112 Å². The highest BCUT2D eigenvalue weighted by atomic mass is 15.0. The summed E-state index contributed by atoms with van der Waals surface area (Å²) in [6, 6.07) is 61.9. The van der Waals surface area contributed by atoms with Gasteiger partial charge in [0.2, 0.25) is 0 Å². The van der Waals surface area contributed by atoms with Crippen LogP contribution in [-0.4, -0.2) is 9.55 Å². The summed E-state index contributed by atoms with van der Waals surface area (Å²) in [6.45, 7) is 0. The number of nitrogens with one attached hydrogen (secondary N) is 1. The normalized spacial score (nSPS) is 18.0. The summed E-state index contributed by atoms with van der Waals surface area (Å²) in [7, 11) is 0. The van der Waals surface area contributed by atoms with E-state index in [1.54, 1.807) is 0 Å². The number of nitrogens with zero attached hydrogens (tertiary/aromatic N) is 2. The van der Waals surface area contributed by atoms with Gasteiger partial charge in [0.05, 0.1) is 34.2 Å². The predicted molar refractivity (Wildman–Crippen MR) is 263 cm³/mol. The van der Waals surface area contributed by atoms with Crippen LogP contribution in [0.15, 0.2) is 235 Å². The maximum Gasteiger partial charge on any atom is 0.0715 e. The summed E-state index contributed by atoms with van der Waals surface area (Å²) in [5.41, 5.74) is 20.4. The summed E-state index contributed by atoms with van der Waals surface area (Å²) < 4.78 is 2.37. The Morgan fingerprint density at radius 2 is 1.21 bits per heavy atom. The fraction of sp³-hybridized carbons (Fsp3) is 0.0833. The molecule has 2 atom stereocenters. The number of dihydropyridines is 1. The third kappa shape index (κ3) is 6.65. The third-order valence-corrected chi connectivity index (χ3v) is 13.2. The van der Waals surface area contributed by atoms with Crippen LogP contribution >= 0.6 is 0 Å². The lowest BCUT2D eigenvalue weighted by Gasteiger charge is -2.38. The maximum absolute atomic E-state index is 5.37. The molecule has 0 spiro atoms. The van der Waals surface area contributed by atoms with Gasteiger partial charge >= 0.3 is 0 Å². The van der Waals surface area contributed by atoms with Crippen molar-refractivity contribution in [2.24, 2.45) is 5.92 Å². The molecule has 12 rings (SSSR count). The molecule has 3 nitrogen and oxygen atoms in total. The van der Waals surface area contributed by atoms with Crippen molar-refractivity contribution >= 4 is 38.5 Å². The first-order valence-electron chi connectivity index (χ1n) is 22.2. The fourth-order valence-electron chi connectivity index (χ4n) is 10.1. The van der Waals surface area contributed by atoms with E-state index in [4.69, 9.17) is 4.98 Å². The highest BCUT2D eigenvalue weighted by molar-refractivity contribution is 6.09. The van der Waals surface area contributed by atoms with E-state index < -0.39 is 0 Å². The van der Waals surface area contributed by atoms with Crippen LogP contribution in [0.1, 0.15) is 47.7 Å². The Labute approximate surface area is 368 Å². The number of pyridine rings is 1. The van der Waals surface area contributed by atoms with Gasteiger partial charge in [-0.25, -0.2) is 4.98 Å². The minimum Gasteiger partial charge on any atom is -0.374 e. The lowest BCUT2D eigenvalue weighted by Crippen LogP contribution is -2.30. The molecular formula is C60H45N3. The summed E-state index contributed by atoms with van der Waals surface area (Å²) >= 11 is 0. The van der Waals surface area contributed by atoms with E-state index >= 15 is 0 Å². The molecule has 8 aromatic rings. The monoisotopic (exact) mass is 807 g/mol. The molecule has 0 bridgehead atoms. The average Bonchev–Trinajstić information content (AvgIpc) is 3.71. The van der Waals surface area contributed by atoms with E-state index in [1.165, 1.54) is 77.6 Å². The minimum absolute atomic E-state index is 0.0208. The van der Waals surface area contributed by atoms with Gasteiger partial charge in [0.1, 0.15) is 0 Å². The second-order valence-corrected chi connectivity index (χ2v) is 17.0. The fourth-order valence-corrected chi connectivity index (χ4v) is 10.1. The minimum atomic E-state index is 0.0208. The number of para-hydroxylation sites is 2. The molecule has 0 saturated heterocycles. The smallest absolute Gasteiger partial charge is 0.0715 e. The van der Waals surface area contributed by atoms with Crippen molar-refractivity contribution in [2.75, 3.05) is 0 Å². The summed E-state index contributed by atoms with van der Waals surface area (Å²) in [5, 5.41) is 6.60. The SMILES string of the molecule is C1=CCCC(c2cc(-c3cccc(C4=CC5CC=CC=C5C5=C4NC(c4ccccc4)C=C5c4ccccc4)c3)cc(-c3ccc(-n4c5ccccc5c5ccccc54)cc3)n2)=C1. The van der Waals surface area contributed by atoms with E-state index in [0.717, 1.165) is 47.5 Å². The molecule has 3 heterocycles. The largest absolute Gasteiger partial charge is 0.374 e. The Morgan fingerprint density at radius 3 is 1.97 bits per heavy atom. The zero-order valence-corrected chi connectivity index (χ0v) is 35.0. The standard InChI is InChI=1S/C60H45N3/c1-4-17-40(18-5-1)52-39-56(42-21-8-3-9-22-42)62-60-53(36-46-23-10-11-26-49(46)59(52)60)45-25-16-24-44(35-45)47-37-54(41-19-6-2-7-20-41)61-55(38-47)43-31-33-48(34-32-43)63-57-29-14-12-27-50(57)51-28-13-15-30-58(51)63/h1-6,8-19,21-22,24-39,46,56,62H,7,20,23H2. The summed E-state index contributed by atoms with van der Waals surface area (Å²) in [4.78, 5) is 5.37. The highest BCUT2D eigenvalue weighted by Crippen LogP contribution is 2.49. The van der Waals surface area contributed by atoms with Gasteiger partial charge in [-0.1, -0.05) is 170 Å². The van der Waals surface area contributed by atoms with E-state index in [2.05, 4.69) is 228 Å². The molecule has 2 aromatic heterocycles. The van der Waals surface area contributed by atoms with Crippen molar-refractivity contribution in [1.82, 2.24) is 14.9 Å². The predicted octanol–water partition coefficient (Wildman–Crippen LogP) is 14.8. The zero-order chi connectivity index (χ0) is 41.7. The van der Waals surface area contributed by atoms with Gasteiger partial charge in [-0.3, -0.25) is 0 Å². The molecule has 63 heavy (non-hydrogen) atoms. The van der Waals surface area contributed by atoms with E-state index in [0.29, 0.717) is 0 Å². The number of fused-ring (bicyclic) bond motifs is 5. The van der Waals surface area contributed by atoms with Crippen molar-refractivity contribution in [1.29, 1.82) is 0 Å². The van der Waals surface area contributed by atoms with E-state index in [1.807, 2.05) is 0 Å². The molecule has 1 aliphatic heterocycles. The molecular weight excluding hydrogens is 763 g/mol. The van der Waals surface area contributed by atoms with Gasteiger partial charge in [0.15, 0.2) is 0 Å². The Bertz CT molecular complexity index is 3260. The molecule has 0 saturated carbocycles. The van der Waals surface area contributed by atoms with Gasteiger partial charge < -0.3 is 9.88 Å². The molecule has 0 radical (unpaired) electrons. The van der Waals surface area contributed by atoms with Gasteiger partial charge in [0.25, 0.3) is 0 Å². The molecule has 4 aliphatic rings. The lowest BCUT2D eigenvalue weighted by atomic mass is 9.72. The highest BCUT2D eigenvalue weighted by Gasteiger charge is 2.34. The van der Waals surface area contributed by atoms with Crippen molar-refractivity contribution < 1.29 is 0 Å². The van der Waals surface area contributed by atoms with Gasteiger partial charge in [0, 0.05) is 39.1 Å². The average molecular weight is 808 g/mol. The van der Waals surface area contributed by atoms with Crippen LogP contribution in [-0.2, 0) is 0 Å². The summed E-state index contributed by atoms with van der Waals surface area (Å²) in [6.07, 6.45) is 21.4. The number of hydrogen-bond acceptors (Lipinski definition) is 2. The lowest BCUT2D eigenvalue weighted by molar-refractivity contribution is 0.694. The number of rotatable bonds is 7. The quantitative estimate of drug-likeness (QED) is 0.174.